The minimum atomic E-state index is -0.788. The number of amides is 4. The van der Waals surface area contributed by atoms with Gasteiger partial charge in [0.2, 0.25) is 17.7 Å². The van der Waals surface area contributed by atoms with Crippen LogP contribution in [0.5, 0.6) is 5.88 Å². The average molecular weight is 773 g/mol. The average Bonchev–Trinajstić information content (AvgIpc) is 3.57. The molecule has 0 aliphatic carbocycles. The number of pyridine rings is 1. The number of rotatable bonds is 15. The number of fused-ring (bicyclic) bond motifs is 3. The Hall–Kier alpha value is -4.95. The van der Waals surface area contributed by atoms with E-state index < -0.39 is 18.1 Å². The Labute approximate surface area is 323 Å². The van der Waals surface area contributed by atoms with Crippen molar-refractivity contribution in [2.24, 2.45) is 4.99 Å². The monoisotopic (exact) mass is 772 g/mol. The molecule has 0 bridgehead atoms. The molecule has 1 saturated heterocycles. The molecule has 1 unspecified atom stereocenters. The Morgan fingerprint density at radius 3 is 2.41 bits per heavy atom. The number of aliphatic imine (C=N–C) groups is 1. The van der Waals surface area contributed by atoms with Gasteiger partial charge in [0.15, 0.2) is 11.9 Å². The quantitative estimate of drug-likeness (QED) is 0.0970. The van der Waals surface area contributed by atoms with Gasteiger partial charge in [-0.2, -0.15) is 0 Å². The van der Waals surface area contributed by atoms with Crippen LogP contribution >= 0.6 is 22.9 Å². The molecule has 15 heteroatoms. The van der Waals surface area contributed by atoms with Crippen LogP contribution in [0.3, 0.4) is 0 Å². The molecular weight excluding hydrogens is 728 g/mol. The van der Waals surface area contributed by atoms with Crippen molar-refractivity contribution >= 4 is 52.3 Å². The third-order valence-corrected chi connectivity index (χ3v) is 11.1. The number of hydrogen-bond donors (Lipinski definition) is 3. The first kappa shape index (κ1) is 38.8. The summed E-state index contributed by atoms with van der Waals surface area (Å²) in [7, 11) is 0. The number of hydrogen-bond acceptors (Lipinski definition) is 10. The van der Waals surface area contributed by atoms with Crippen LogP contribution in [0, 0.1) is 20.8 Å². The number of carbonyl (C=O) groups excluding carboxylic acids is 4. The number of benzene rings is 1. The van der Waals surface area contributed by atoms with E-state index in [4.69, 9.17) is 21.3 Å². The molecule has 13 nitrogen and oxygen atoms in total. The first-order valence-electron chi connectivity index (χ1n) is 18.5. The van der Waals surface area contributed by atoms with E-state index in [0.717, 1.165) is 71.8 Å². The molecular formula is C39H45ClN8O5S. The van der Waals surface area contributed by atoms with E-state index in [1.165, 1.54) is 11.1 Å². The third-order valence-electron chi connectivity index (χ3n) is 9.63. The van der Waals surface area contributed by atoms with E-state index in [0.29, 0.717) is 42.3 Å². The summed E-state index contributed by atoms with van der Waals surface area (Å²) in [5.74, 6) is 0.553. The summed E-state index contributed by atoms with van der Waals surface area (Å²) in [4.78, 5) is 59.9. The van der Waals surface area contributed by atoms with Crippen molar-refractivity contribution < 1.29 is 23.9 Å². The van der Waals surface area contributed by atoms with E-state index in [-0.39, 0.29) is 36.4 Å². The van der Waals surface area contributed by atoms with Crippen molar-refractivity contribution in [1.29, 1.82) is 0 Å². The molecule has 1 fully saturated rings. The lowest BCUT2D eigenvalue weighted by Gasteiger charge is -2.14. The zero-order valence-corrected chi connectivity index (χ0v) is 32.3. The fourth-order valence-electron chi connectivity index (χ4n) is 6.57. The molecule has 284 valence electrons. The predicted molar refractivity (Wildman–Crippen MR) is 207 cm³/mol. The van der Waals surface area contributed by atoms with Gasteiger partial charge in [0.1, 0.15) is 16.9 Å². The van der Waals surface area contributed by atoms with Crippen molar-refractivity contribution in [3.63, 3.8) is 0 Å². The van der Waals surface area contributed by atoms with E-state index in [9.17, 15) is 19.2 Å². The van der Waals surface area contributed by atoms with Gasteiger partial charge in [-0.05, 0) is 70.2 Å². The Morgan fingerprint density at radius 1 is 0.963 bits per heavy atom. The van der Waals surface area contributed by atoms with Crippen LogP contribution < -0.4 is 20.7 Å². The number of aryl methyl sites for hydroxylation is 2. The Morgan fingerprint density at radius 2 is 1.69 bits per heavy atom. The molecule has 1 aromatic carbocycles. The molecule has 3 N–H and O–H groups in total. The molecule has 2 aliphatic heterocycles. The summed E-state index contributed by atoms with van der Waals surface area (Å²) < 4.78 is 7.69. The van der Waals surface area contributed by atoms with Crippen LogP contribution in [-0.2, 0) is 14.4 Å². The summed E-state index contributed by atoms with van der Waals surface area (Å²) in [5.41, 5.74) is 4.34. The van der Waals surface area contributed by atoms with Gasteiger partial charge in [0, 0.05) is 52.8 Å². The minimum Gasteiger partial charge on any atom is -0.464 e. The van der Waals surface area contributed by atoms with E-state index in [1.807, 2.05) is 35.8 Å². The summed E-state index contributed by atoms with van der Waals surface area (Å²) in [5, 5.41) is 18.8. The molecule has 4 aromatic rings. The molecule has 2 atom stereocenters. The summed E-state index contributed by atoms with van der Waals surface area (Å²) in [6.07, 6.45) is 7.78. The van der Waals surface area contributed by atoms with Crippen molar-refractivity contribution in [2.75, 3.05) is 13.1 Å². The van der Waals surface area contributed by atoms with Crippen LogP contribution in [0.1, 0.15) is 114 Å². The zero-order valence-electron chi connectivity index (χ0n) is 30.7. The highest BCUT2D eigenvalue weighted by atomic mass is 35.5. The number of aromatic nitrogens is 4. The lowest BCUT2D eigenvalue weighted by atomic mass is 9.99. The van der Waals surface area contributed by atoms with Crippen molar-refractivity contribution in [1.82, 2.24) is 35.7 Å². The topological polar surface area (TPSA) is 170 Å². The number of ether oxygens (including phenoxy) is 1. The second-order valence-corrected chi connectivity index (χ2v) is 15.3. The molecule has 3 aromatic heterocycles. The predicted octanol–water partition coefficient (Wildman–Crippen LogP) is 6.05. The van der Waals surface area contributed by atoms with E-state index in [1.54, 1.807) is 23.5 Å². The number of imide groups is 1. The molecule has 0 spiro atoms. The van der Waals surface area contributed by atoms with Gasteiger partial charge in [-0.1, -0.05) is 49.4 Å². The van der Waals surface area contributed by atoms with Gasteiger partial charge in [0.05, 0.1) is 17.7 Å². The van der Waals surface area contributed by atoms with Crippen molar-refractivity contribution in [3.8, 4) is 10.9 Å². The van der Waals surface area contributed by atoms with E-state index >= 15 is 0 Å². The normalized spacial score (nSPS) is 16.7. The third kappa shape index (κ3) is 9.40. The van der Waals surface area contributed by atoms with Crippen LogP contribution in [0.15, 0.2) is 47.6 Å². The second kappa shape index (κ2) is 17.9. The number of nitrogens with zero attached hydrogens (tertiary/aromatic N) is 5. The van der Waals surface area contributed by atoms with Gasteiger partial charge in [-0.15, -0.1) is 21.5 Å². The van der Waals surface area contributed by atoms with Crippen LogP contribution in [0.4, 0.5) is 0 Å². The van der Waals surface area contributed by atoms with E-state index in [2.05, 4.69) is 45.0 Å². The molecule has 6 rings (SSSR count). The fourth-order valence-corrected chi connectivity index (χ4v) is 7.91. The largest absolute Gasteiger partial charge is 0.464 e. The van der Waals surface area contributed by atoms with Crippen molar-refractivity contribution in [3.05, 3.63) is 86.4 Å². The van der Waals surface area contributed by atoms with Gasteiger partial charge < -0.3 is 15.4 Å². The summed E-state index contributed by atoms with van der Waals surface area (Å²) >= 11 is 7.90. The molecule has 2 aliphatic rings. The van der Waals surface area contributed by atoms with Gasteiger partial charge in [-0.3, -0.25) is 34.1 Å². The molecule has 0 saturated carbocycles. The highest BCUT2D eigenvalue weighted by Gasteiger charge is 2.32. The van der Waals surface area contributed by atoms with Crippen molar-refractivity contribution in [2.45, 2.75) is 97.1 Å². The van der Waals surface area contributed by atoms with Gasteiger partial charge in [0.25, 0.3) is 11.8 Å². The zero-order chi connectivity index (χ0) is 38.2. The first-order valence-corrected chi connectivity index (χ1v) is 19.7. The summed E-state index contributed by atoms with van der Waals surface area (Å²) in [6.45, 7) is 7.26. The highest BCUT2D eigenvalue weighted by Crippen LogP contribution is 2.39. The molecule has 4 amide bonds. The standard InChI is InChI=1S/C39H45ClN8O5S/c1-23-24(2)54-39-34(23)35(26-13-16-28(40)17-14-26)44-29(36-47-46-25(3)48(36)39)21-32(50)41-19-8-6-4-5-7-9-20-42-37(51)27-15-18-33(43-22-27)53-30-11-10-12-31(49)45-38(30)52/h13-18,22,29-30H,4-12,19-21H2,1-3H3,(H,41,50)(H,42,51)(H,45,49,52)/t29-,30?/m0/s1. The number of halogens is 1. The smallest absolute Gasteiger partial charge is 0.267 e. The SMILES string of the molecule is Cc1sc2c(c1C)C(c1ccc(Cl)cc1)=N[C@@H](CC(=O)NCCCCCCCCNC(=O)c1ccc(OC3CCCC(=O)NC3=O)nc1)c1nnc(C)n1-2. The van der Waals surface area contributed by atoms with Gasteiger partial charge >= 0.3 is 0 Å². The first-order chi connectivity index (χ1) is 26.1. The molecule has 5 heterocycles. The summed E-state index contributed by atoms with van der Waals surface area (Å²) in [6, 6.07) is 10.3. The number of nitrogens with one attached hydrogen (secondary N) is 3. The van der Waals surface area contributed by atoms with Crippen LogP contribution in [0.25, 0.3) is 5.00 Å². The second-order valence-electron chi connectivity index (χ2n) is 13.6. The Kier molecular flexibility index (Phi) is 12.9. The van der Waals surface area contributed by atoms with Gasteiger partial charge in [-0.25, -0.2) is 4.98 Å². The lowest BCUT2D eigenvalue weighted by molar-refractivity contribution is -0.133. The maximum absolute atomic E-state index is 13.2. The maximum Gasteiger partial charge on any atom is 0.267 e. The molecule has 0 radical (unpaired) electrons. The lowest BCUT2D eigenvalue weighted by Crippen LogP contribution is -2.39. The minimum absolute atomic E-state index is 0.0811. The highest BCUT2D eigenvalue weighted by molar-refractivity contribution is 7.15. The number of unbranched alkanes of at least 4 members (excludes halogenated alkanes) is 5. The Balaban J connectivity index is 0.902. The fraction of sp³-hybridized carbons (Fsp3) is 0.436. The Bertz CT molecular complexity index is 2020. The molecule has 54 heavy (non-hydrogen) atoms. The van der Waals surface area contributed by atoms with Crippen LogP contribution in [-0.4, -0.2) is 68.3 Å². The van der Waals surface area contributed by atoms with Crippen LogP contribution in [0.2, 0.25) is 5.02 Å². The number of carbonyl (C=O) groups is 4. The maximum atomic E-state index is 13.2. The number of thiophene rings is 1.